The van der Waals surface area contributed by atoms with Crippen molar-refractivity contribution in [2.75, 3.05) is 13.7 Å². The molecule has 6 nitrogen and oxygen atoms in total. The van der Waals surface area contributed by atoms with Gasteiger partial charge in [-0.05, 0) is 61.7 Å². The van der Waals surface area contributed by atoms with Crippen LogP contribution in [0.2, 0.25) is 0 Å². The third kappa shape index (κ3) is 3.15. The number of ether oxygens (including phenoxy) is 1. The van der Waals surface area contributed by atoms with Gasteiger partial charge in [0.25, 0.3) is 11.6 Å². The molecule has 30 heavy (non-hydrogen) atoms. The van der Waals surface area contributed by atoms with Gasteiger partial charge in [0.1, 0.15) is 5.75 Å². The molecule has 0 fully saturated rings. The number of hydrogen-bond acceptors (Lipinski definition) is 6. The number of thiophene rings is 1. The number of rotatable bonds is 3. The van der Waals surface area contributed by atoms with Crippen LogP contribution in [0.3, 0.4) is 0 Å². The first-order valence-corrected chi connectivity index (χ1v) is 10.6. The highest BCUT2D eigenvalue weighted by Crippen LogP contribution is 2.32. The van der Waals surface area contributed by atoms with E-state index in [4.69, 9.17) is 9.26 Å². The smallest absolute Gasteiger partial charge is 0.259 e. The summed E-state index contributed by atoms with van der Waals surface area (Å²) in [5, 5.41) is 4.75. The lowest BCUT2D eigenvalue weighted by Crippen LogP contribution is -2.36. The number of amides is 1. The maximum Gasteiger partial charge on any atom is 0.259 e. The zero-order valence-corrected chi connectivity index (χ0v) is 17.9. The Morgan fingerprint density at radius 1 is 1.17 bits per heavy atom. The molecule has 0 unspecified atom stereocenters. The number of fused-ring (bicyclic) bond motifs is 2. The van der Waals surface area contributed by atoms with Gasteiger partial charge in [-0.3, -0.25) is 4.79 Å². The van der Waals surface area contributed by atoms with Gasteiger partial charge in [0, 0.05) is 18.0 Å². The van der Waals surface area contributed by atoms with Crippen LogP contribution in [0.15, 0.2) is 40.9 Å². The highest BCUT2D eigenvalue weighted by atomic mass is 32.1. The number of aromatic nitrogens is 2. The summed E-state index contributed by atoms with van der Waals surface area (Å²) in [6, 6.07) is 12.0. The van der Waals surface area contributed by atoms with Crippen molar-refractivity contribution in [3.8, 4) is 16.3 Å². The molecule has 1 amide bonds. The topological polar surface area (TPSA) is 68.5 Å². The van der Waals surface area contributed by atoms with Crippen LogP contribution in [0.1, 0.15) is 32.1 Å². The van der Waals surface area contributed by atoms with Crippen molar-refractivity contribution in [1.29, 1.82) is 0 Å². The molecule has 0 saturated carbocycles. The van der Waals surface area contributed by atoms with Crippen LogP contribution in [0, 0.1) is 13.8 Å². The molecule has 1 aromatic carbocycles. The molecule has 0 saturated heterocycles. The Morgan fingerprint density at radius 3 is 2.80 bits per heavy atom. The zero-order valence-electron chi connectivity index (χ0n) is 17.1. The molecule has 4 heterocycles. The Morgan fingerprint density at radius 2 is 2.03 bits per heavy atom. The summed E-state index contributed by atoms with van der Waals surface area (Å²) in [5.41, 5.74) is 4.78. The summed E-state index contributed by atoms with van der Waals surface area (Å²) in [7, 11) is 1.66. The number of hydrogen-bond donors (Lipinski definition) is 0. The van der Waals surface area contributed by atoms with Crippen LogP contribution in [-0.4, -0.2) is 34.6 Å². The summed E-state index contributed by atoms with van der Waals surface area (Å²) >= 11 is 1.64. The summed E-state index contributed by atoms with van der Waals surface area (Å²) in [6.45, 7) is 5.11. The molecule has 0 aliphatic carbocycles. The number of carbonyl (C=O) groups excluding carboxylic acids is 1. The molecule has 5 rings (SSSR count). The number of methoxy groups -OCH3 is 1. The van der Waals surface area contributed by atoms with E-state index in [1.807, 2.05) is 42.2 Å². The second-order valence-electron chi connectivity index (χ2n) is 7.52. The van der Waals surface area contributed by atoms with Crippen LogP contribution < -0.4 is 4.74 Å². The Hall–Kier alpha value is -3.19. The monoisotopic (exact) mass is 419 g/mol. The first-order valence-electron chi connectivity index (χ1n) is 9.82. The fourth-order valence-corrected chi connectivity index (χ4v) is 4.79. The third-order valence-corrected chi connectivity index (χ3v) is 6.58. The molecule has 1 aliphatic rings. The Labute approximate surface area is 178 Å². The van der Waals surface area contributed by atoms with E-state index in [-0.39, 0.29) is 5.91 Å². The first kappa shape index (κ1) is 18.8. The molecule has 0 atom stereocenters. The molecule has 0 bridgehead atoms. The van der Waals surface area contributed by atoms with Gasteiger partial charge in [0.2, 0.25) is 0 Å². The van der Waals surface area contributed by atoms with E-state index in [9.17, 15) is 4.79 Å². The second-order valence-corrected chi connectivity index (χ2v) is 8.81. The normalized spacial score (nSPS) is 13.5. The van der Waals surface area contributed by atoms with E-state index in [1.54, 1.807) is 18.4 Å². The Kier molecular flexibility index (Phi) is 4.55. The lowest BCUT2D eigenvalue weighted by molar-refractivity contribution is 0.0736. The number of nitrogens with zero attached hydrogens (tertiary/aromatic N) is 3. The molecule has 4 aromatic rings. The Balaban J connectivity index is 1.56. The van der Waals surface area contributed by atoms with Crippen molar-refractivity contribution in [1.82, 2.24) is 15.0 Å². The number of pyridine rings is 1. The van der Waals surface area contributed by atoms with Gasteiger partial charge in [-0.25, -0.2) is 4.98 Å². The van der Waals surface area contributed by atoms with E-state index in [0.29, 0.717) is 35.4 Å². The average Bonchev–Trinajstić information content (AvgIpc) is 3.37. The van der Waals surface area contributed by atoms with Crippen molar-refractivity contribution in [2.24, 2.45) is 0 Å². The van der Waals surface area contributed by atoms with Crippen LogP contribution in [0.4, 0.5) is 0 Å². The van der Waals surface area contributed by atoms with Gasteiger partial charge in [-0.1, -0.05) is 11.2 Å². The molecule has 1 aliphatic heterocycles. The highest BCUT2D eigenvalue weighted by molar-refractivity contribution is 7.15. The highest BCUT2D eigenvalue weighted by Gasteiger charge is 2.26. The van der Waals surface area contributed by atoms with Crippen molar-refractivity contribution in [3.63, 3.8) is 0 Å². The largest absolute Gasteiger partial charge is 0.497 e. The molecular formula is C23H21N3O3S. The van der Waals surface area contributed by atoms with Gasteiger partial charge >= 0.3 is 0 Å². The van der Waals surface area contributed by atoms with Gasteiger partial charge in [0.05, 0.1) is 34.3 Å². The average molecular weight is 420 g/mol. The molecule has 152 valence electrons. The van der Waals surface area contributed by atoms with E-state index >= 15 is 0 Å². The maximum atomic E-state index is 13.6. The number of aryl methyl sites for hydroxylation is 2. The molecule has 0 radical (unpaired) electrons. The van der Waals surface area contributed by atoms with Gasteiger partial charge in [-0.2, -0.15) is 0 Å². The quantitative estimate of drug-likeness (QED) is 0.478. The zero-order chi connectivity index (χ0) is 20.8. The molecule has 7 heteroatoms. The third-order valence-electron chi connectivity index (χ3n) is 5.55. The molecular weight excluding hydrogens is 398 g/mol. The van der Waals surface area contributed by atoms with Crippen molar-refractivity contribution >= 4 is 28.3 Å². The summed E-state index contributed by atoms with van der Waals surface area (Å²) in [5.74, 6) is 0.774. The lowest BCUT2D eigenvalue weighted by atomic mass is 9.98. The van der Waals surface area contributed by atoms with E-state index in [0.717, 1.165) is 28.3 Å². The van der Waals surface area contributed by atoms with Crippen molar-refractivity contribution < 1.29 is 14.1 Å². The molecule has 3 aromatic heterocycles. The SMILES string of the molecule is COc1ccc2c(c1)CN(C(=O)c1cc(-c3ccc(C)s3)nc3onc(C)c13)CC2. The van der Waals surface area contributed by atoms with Gasteiger partial charge in [0.15, 0.2) is 0 Å². The number of benzene rings is 1. The minimum Gasteiger partial charge on any atom is -0.497 e. The summed E-state index contributed by atoms with van der Waals surface area (Å²) in [6.07, 6.45) is 0.818. The Bertz CT molecular complexity index is 1270. The predicted molar refractivity (Wildman–Crippen MR) is 116 cm³/mol. The summed E-state index contributed by atoms with van der Waals surface area (Å²) < 4.78 is 10.8. The molecule has 0 N–H and O–H groups in total. The maximum absolute atomic E-state index is 13.6. The standard InChI is InChI=1S/C23H21N3O3S/c1-13-4-7-20(30-13)19-11-18(21-14(2)25-29-22(21)24-19)23(27)26-9-8-15-5-6-17(28-3)10-16(15)12-26/h4-7,10-11H,8-9,12H2,1-3H3. The van der Waals surface area contributed by atoms with Gasteiger partial charge < -0.3 is 14.2 Å². The van der Waals surface area contributed by atoms with Crippen LogP contribution in [0.25, 0.3) is 21.7 Å². The van der Waals surface area contributed by atoms with Crippen molar-refractivity contribution in [2.45, 2.75) is 26.8 Å². The van der Waals surface area contributed by atoms with Crippen LogP contribution >= 0.6 is 11.3 Å². The number of carbonyl (C=O) groups is 1. The fraction of sp³-hybridized carbons (Fsp3) is 0.261. The predicted octanol–water partition coefficient (Wildman–Crippen LogP) is 4.78. The van der Waals surface area contributed by atoms with Gasteiger partial charge in [-0.15, -0.1) is 11.3 Å². The summed E-state index contributed by atoms with van der Waals surface area (Å²) in [4.78, 5) is 22.3. The fourth-order valence-electron chi connectivity index (χ4n) is 3.97. The minimum absolute atomic E-state index is 0.0308. The minimum atomic E-state index is -0.0308. The first-order chi connectivity index (χ1) is 14.5. The van der Waals surface area contributed by atoms with E-state index in [1.165, 1.54) is 10.4 Å². The lowest BCUT2D eigenvalue weighted by Gasteiger charge is -2.29. The second kappa shape index (κ2) is 7.25. The van der Waals surface area contributed by atoms with Crippen molar-refractivity contribution in [3.05, 3.63) is 63.7 Å². The molecule has 0 spiro atoms. The van der Waals surface area contributed by atoms with Crippen LogP contribution in [-0.2, 0) is 13.0 Å². The van der Waals surface area contributed by atoms with Crippen LogP contribution in [0.5, 0.6) is 5.75 Å². The van der Waals surface area contributed by atoms with E-state index in [2.05, 4.69) is 23.1 Å². The van der Waals surface area contributed by atoms with E-state index < -0.39 is 0 Å².